The van der Waals surface area contributed by atoms with Gasteiger partial charge in [0.25, 0.3) is 0 Å². The van der Waals surface area contributed by atoms with Crippen LogP contribution in [0.4, 0.5) is 0 Å². The van der Waals surface area contributed by atoms with Crippen molar-refractivity contribution >= 4 is 21.9 Å². The first-order valence-electron chi connectivity index (χ1n) is 18.9. The minimum atomic E-state index is -0.538. The Balaban J connectivity index is 1.16. The van der Waals surface area contributed by atoms with Gasteiger partial charge in [-0.05, 0) is 68.8 Å². The minimum Gasteiger partial charge on any atom is -0.456 e. The molecule has 0 amide bonds. The zero-order valence-electron chi connectivity index (χ0n) is 30.3. The topological polar surface area (TPSA) is 51.8 Å². The standard InChI is InChI=1S/C52H33N3O/c1-4-15-34(16-5-1)35-27-29-36(30-28-35)49-53-50(37-31-32-47-43(33-37)40-21-11-13-26-46(40)56-47)55-51(54-49)42-23-14-25-45-48(42)41-22-10-12-24-44(41)52(45,38-17-6-2-7-18-38)39-19-8-3-9-20-39/h1-33H. The van der Waals surface area contributed by atoms with Crippen molar-refractivity contribution in [2.75, 3.05) is 0 Å². The highest BCUT2D eigenvalue weighted by atomic mass is 16.3. The van der Waals surface area contributed by atoms with E-state index in [9.17, 15) is 0 Å². The molecule has 0 fully saturated rings. The lowest BCUT2D eigenvalue weighted by molar-refractivity contribution is 0.669. The Bertz CT molecular complexity index is 3020. The lowest BCUT2D eigenvalue weighted by Gasteiger charge is -2.33. The second-order valence-electron chi connectivity index (χ2n) is 14.3. The van der Waals surface area contributed by atoms with Crippen LogP contribution in [0.3, 0.4) is 0 Å². The Kier molecular flexibility index (Phi) is 7.36. The average Bonchev–Trinajstić information content (AvgIpc) is 3.81. The van der Waals surface area contributed by atoms with Crippen LogP contribution >= 0.6 is 0 Å². The van der Waals surface area contributed by atoms with E-state index in [0.717, 1.165) is 55.3 Å². The summed E-state index contributed by atoms with van der Waals surface area (Å²) in [6.07, 6.45) is 0. The molecule has 0 radical (unpaired) electrons. The number of nitrogens with zero attached hydrogens (tertiary/aromatic N) is 3. The molecule has 262 valence electrons. The van der Waals surface area contributed by atoms with E-state index in [0.29, 0.717) is 17.5 Å². The van der Waals surface area contributed by atoms with Gasteiger partial charge in [0.05, 0.1) is 5.41 Å². The Morgan fingerprint density at radius 2 is 0.857 bits per heavy atom. The van der Waals surface area contributed by atoms with E-state index in [1.54, 1.807) is 0 Å². The second kappa shape index (κ2) is 12.9. The van der Waals surface area contributed by atoms with Crippen LogP contribution in [0.25, 0.3) is 78.4 Å². The fourth-order valence-corrected chi connectivity index (χ4v) is 8.74. The summed E-state index contributed by atoms with van der Waals surface area (Å²) < 4.78 is 6.20. The molecule has 0 aliphatic heterocycles. The predicted molar refractivity (Wildman–Crippen MR) is 226 cm³/mol. The van der Waals surface area contributed by atoms with Crippen LogP contribution in [0.15, 0.2) is 205 Å². The maximum absolute atomic E-state index is 6.20. The third-order valence-electron chi connectivity index (χ3n) is 11.2. The number of benzene rings is 8. The van der Waals surface area contributed by atoms with Crippen LogP contribution in [0, 0.1) is 0 Å². The Morgan fingerprint density at radius 1 is 0.339 bits per heavy atom. The highest BCUT2D eigenvalue weighted by molar-refractivity contribution is 6.06. The highest BCUT2D eigenvalue weighted by Gasteiger charge is 2.47. The van der Waals surface area contributed by atoms with Gasteiger partial charge in [0.2, 0.25) is 0 Å². The molecule has 0 atom stereocenters. The van der Waals surface area contributed by atoms with Gasteiger partial charge in [-0.1, -0.05) is 176 Å². The number of hydrogen-bond acceptors (Lipinski definition) is 4. The summed E-state index contributed by atoms with van der Waals surface area (Å²) in [6, 6.07) is 70.4. The predicted octanol–water partition coefficient (Wildman–Crippen LogP) is 12.8. The van der Waals surface area contributed by atoms with Crippen molar-refractivity contribution in [2.45, 2.75) is 5.41 Å². The van der Waals surface area contributed by atoms with E-state index in [1.807, 2.05) is 36.4 Å². The molecule has 56 heavy (non-hydrogen) atoms. The van der Waals surface area contributed by atoms with Crippen LogP contribution in [0.2, 0.25) is 0 Å². The number of aromatic nitrogens is 3. The lowest BCUT2D eigenvalue weighted by Crippen LogP contribution is -2.28. The third-order valence-corrected chi connectivity index (χ3v) is 11.2. The number of para-hydroxylation sites is 1. The van der Waals surface area contributed by atoms with Gasteiger partial charge >= 0.3 is 0 Å². The lowest BCUT2D eigenvalue weighted by atomic mass is 9.67. The van der Waals surface area contributed by atoms with Crippen LogP contribution in [-0.2, 0) is 5.41 Å². The maximum Gasteiger partial charge on any atom is 0.164 e. The molecule has 0 saturated heterocycles. The van der Waals surface area contributed by atoms with E-state index in [1.165, 1.54) is 27.8 Å². The van der Waals surface area contributed by atoms with Gasteiger partial charge in [0.15, 0.2) is 17.5 Å². The highest BCUT2D eigenvalue weighted by Crippen LogP contribution is 2.58. The number of furan rings is 1. The summed E-state index contributed by atoms with van der Waals surface area (Å²) in [4.78, 5) is 15.8. The molecule has 2 aromatic heterocycles. The van der Waals surface area contributed by atoms with Crippen LogP contribution in [-0.4, -0.2) is 15.0 Å². The zero-order chi connectivity index (χ0) is 37.1. The van der Waals surface area contributed by atoms with Crippen LogP contribution < -0.4 is 0 Å². The SMILES string of the molecule is c1ccc(-c2ccc(-c3nc(-c4ccc5oc6ccccc6c5c4)nc(-c4cccc5c4-c4ccccc4C5(c4ccccc4)c4ccccc4)n3)cc2)cc1. The summed E-state index contributed by atoms with van der Waals surface area (Å²) in [5.41, 5.74) is 13.4. The molecule has 0 saturated carbocycles. The number of fused-ring (bicyclic) bond motifs is 6. The Labute approximate surface area is 324 Å². The van der Waals surface area contributed by atoms with Crippen molar-refractivity contribution in [2.24, 2.45) is 0 Å². The molecule has 1 aliphatic carbocycles. The molecule has 4 heteroatoms. The van der Waals surface area contributed by atoms with E-state index in [4.69, 9.17) is 19.4 Å². The van der Waals surface area contributed by atoms with Crippen LogP contribution in [0.1, 0.15) is 22.3 Å². The Morgan fingerprint density at radius 3 is 1.61 bits per heavy atom. The minimum absolute atomic E-state index is 0.538. The molecule has 10 aromatic rings. The van der Waals surface area contributed by atoms with Crippen molar-refractivity contribution in [3.63, 3.8) is 0 Å². The zero-order valence-corrected chi connectivity index (χ0v) is 30.3. The second-order valence-corrected chi connectivity index (χ2v) is 14.3. The fraction of sp³-hybridized carbons (Fsp3) is 0.0192. The van der Waals surface area contributed by atoms with E-state index >= 15 is 0 Å². The largest absolute Gasteiger partial charge is 0.456 e. The van der Waals surface area contributed by atoms with Gasteiger partial charge in [-0.15, -0.1) is 0 Å². The fourth-order valence-electron chi connectivity index (χ4n) is 8.74. The smallest absolute Gasteiger partial charge is 0.164 e. The maximum atomic E-state index is 6.20. The van der Waals surface area contributed by atoms with Gasteiger partial charge in [0.1, 0.15) is 11.2 Å². The average molecular weight is 716 g/mol. The van der Waals surface area contributed by atoms with Crippen molar-refractivity contribution in [3.8, 4) is 56.4 Å². The molecule has 4 nitrogen and oxygen atoms in total. The Hall–Kier alpha value is -7.43. The first kappa shape index (κ1) is 32.0. The van der Waals surface area contributed by atoms with Crippen molar-refractivity contribution in [3.05, 3.63) is 222 Å². The van der Waals surface area contributed by atoms with Crippen molar-refractivity contribution in [1.82, 2.24) is 15.0 Å². The number of rotatable bonds is 6. The van der Waals surface area contributed by atoms with Gasteiger partial charge in [0, 0.05) is 27.5 Å². The van der Waals surface area contributed by atoms with Crippen molar-refractivity contribution < 1.29 is 4.42 Å². The monoisotopic (exact) mass is 715 g/mol. The van der Waals surface area contributed by atoms with Gasteiger partial charge in [-0.3, -0.25) is 0 Å². The molecular weight excluding hydrogens is 683 g/mol. The van der Waals surface area contributed by atoms with Gasteiger partial charge in [-0.2, -0.15) is 0 Å². The molecule has 1 aliphatic rings. The summed E-state index contributed by atoms with van der Waals surface area (Å²) >= 11 is 0. The summed E-state index contributed by atoms with van der Waals surface area (Å²) in [7, 11) is 0. The molecular formula is C52H33N3O. The summed E-state index contributed by atoms with van der Waals surface area (Å²) in [5, 5.41) is 2.09. The summed E-state index contributed by atoms with van der Waals surface area (Å²) in [6.45, 7) is 0. The normalized spacial score (nSPS) is 12.8. The van der Waals surface area contributed by atoms with E-state index < -0.39 is 5.41 Å². The quantitative estimate of drug-likeness (QED) is 0.172. The third kappa shape index (κ3) is 4.96. The molecule has 0 unspecified atom stereocenters. The van der Waals surface area contributed by atoms with Crippen molar-refractivity contribution in [1.29, 1.82) is 0 Å². The molecule has 0 bridgehead atoms. The first-order valence-corrected chi connectivity index (χ1v) is 18.9. The molecule has 2 heterocycles. The summed E-state index contributed by atoms with van der Waals surface area (Å²) in [5.74, 6) is 1.84. The molecule has 11 rings (SSSR count). The van der Waals surface area contributed by atoms with Gasteiger partial charge in [-0.25, -0.2) is 15.0 Å². The van der Waals surface area contributed by atoms with Gasteiger partial charge < -0.3 is 4.42 Å². The van der Waals surface area contributed by atoms with E-state index in [2.05, 4.69) is 164 Å². The van der Waals surface area contributed by atoms with E-state index in [-0.39, 0.29) is 0 Å². The van der Waals surface area contributed by atoms with Crippen LogP contribution in [0.5, 0.6) is 0 Å². The molecule has 0 spiro atoms. The molecule has 0 N–H and O–H groups in total. The first-order chi connectivity index (χ1) is 27.8. The number of hydrogen-bond donors (Lipinski definition) is 0. The molecule has 8 aromatic carbocycles.